The van der Waals surface area contributed by atoms with E-state index >= 15 is 0 Å². The lowest BCUT2D eigenvalue weighted by Gasteiger charge is -2.32. The van der Waals surface area contributed by atoms with Gasteiger partial charge in [-0.05, 0) is 182 Å². The average Bonchev–Trinajstić information content (AvgIpc) is 3.73. The van der Waals surface area contributed by atoms with Crippen molar-refractivity contribution < 1.29 is 61.1 Å². The van der Waals surface area contributed by atoms with Gasteiger partial charge in [0.2, 0.25) is 0 Å². The van der Waals surface area contributed by atoms with E-state index in [0.29, 0.717) is 33.2 Å². The second-order valence-corrected chi connectivity index (χ2v) is 21.1. The summed E-state index contributed by atoms with van der Waals surface area (Å²) in [5.74, 6) is 3.14. The van der Waals surface area contributed by atoms with Gasteiger partial charge in [-0.25, -0.2) is 0 Å². The van der Waals surface area contributed by atoms with E-state index in [9.17, 15) is 0 Å². The minimum atomic E-state index is -0.476. The molecule has 3 saturated heterocycles. The number of hydrogen-bond acceptors (Lipinski definition) is 12. The Morgan fingerprint density at radius 1 is 0.437 bits per heavy atom. The van der Waals surface area contributed by atoms with E-state index in [0.717, 1.165) is 44.1 Å². The highest BCUT2D eigenvalue weighted by Crippen LogP contribution is 2.43. The molecule has 0 radical (unpaired) electrons. The standard InChI is InChI=1S/C23H31BO5.C17H19BrO3.C12H24B2O4.2CH4.FH/c1-7-25-16-26-15-18-14-20(27-19-10-8-17(2)9-11-19)12-13-21(18)24-28-22(3,4)23(5,6)29-24;1-3-19-12-20-11-14-10-16(8-9-17(14)18)21-15-6-4-13(2)5-7-15;1-9(2)10(3,4)16-13(15-9)14-17-11(5,6)12(7,8)18-14;;;/h8-14H,7,15-16H2,1-6H3;4-10H,3,11-12H2,1-2H3;1-8H3;2*1H4;1H. The van der Waals surface area contributed by atoms with Crippen LogP contribution in [0.25, 0.3) is 0 Å². The molecule has 3 aliphatic rings. The maximum absolute atomic E-state index is 6.24. The van der Waals surface area contributed by atoms with Gasteiger partial charge >= 0.3 is 21.1 Å². The lowest BCUT2D eigenvalue weighted by Crippen LogP contribution is -2.41. The van der Waals surface area contributed by atoms with Crippen molar-refractivity contribution in [3.05, 3.63) is 112 Å². The number of rotatable bonds is 16. The predicted molar refractivity (Wildman–Crippen MR) is 289 cm³/mol. The fourth-order valence-electron chi connectivity index (χ4n) is 6.77. The van der Waals surface area contributed by atoms with Gasteiger partial charge in [0.25, 0.3) is 0 Å². The zero-order valence-corrected chi connectivity index (χ0v) is 45.3. The summed E-state index contributed by atoms with van der Waals surface area (Å²) >= 11 is 3.52. The molecule has 0 saturated carbocycles. The molecule has 7 rings (SSSR count). The number of hydrogen-bond donors (Lipinski definition) is 0. The molecule has 17 heteroatoms. The third-order valence-corrected chi connectivity index (χ3v) is 13.9. The molecule has 0 atom stereocenters. The Kier molecular flexibility index (Phi) is 24.0. The van der Waals surface area contributed by atoms with Crippen LogP contribution in [0.4, 0.5) is 4.70 Å². The third-order valence-electron chi connectivity index (χ3n) is 13.2. The van der Waals surface area contributed by atoms with Crippen LogP contribution in [0, 0.1) is 13.8 Å². The van der Waals surface area contributed by atoms with Crippen molar-refractivity contribution in [2.24, 2.45) is 0 Å². The van der Waals surface area contributed by atoms with Gasteiger partial charge in [-0.2, -0.15) is 0 Å². The molecule has 0 aliphatic carbocycles. The molecule has 0 spiro atoms. The monoisotopic (exact) mass is 1050 g/mol. The van der Waals surface area contributed by atoms with Crippen LogP contribution in [0.2, 0.25) is 0 Å². The summed E-state index contributed by atoms with van der Waals surface area (Å²) in [6.45, 7) is 35.0. The van der Waals surface area contributed by atoms with Gasteiger partial charge in [-0.1, -0.05) is 72.2 Å². The number of halogens is 2. The van der Waals surface area contributed by atoms with Crippen molar-refractivity contribution in [1.29, 1.82) is 0 Å². The van der Waals surface area contributed by atoms with E-state index in [1.165, 1.54) is 11.1 Å². The van der Waals surface area contributed by atoms with Crippen LogP contribution in [-0.4, -0.2) is 81.5 Å². The zero-order chi connectivity index (χ0) is 50.1. The van der Waals surface area contributed by atoms with Crippen LogP contribution in [0.1, 0.15) is 134 Å². The normalized spacial score (nSPS) is 18.4. The van der Waals surface area contributed by atoms with Gasteiger partial charge in [0.05, 0.1) is 46.8 Å². The van der Waals surface area contributed by atoms with Gasteiger partial charge in [-0.3, -0.25) is 4.70 Å². The average molecular weight is 1060 g/mol. The second kappa shape index (κ2) is 26.8. The summed E-state index contributed by atoms with van der Waals surface area (Å²) in [5.41, 5.74) is 3.08. The highest BCUT2D eigenvalue weighted by molar-refractivity contribution is 9.10. The Balaban J connectivity index is 0.000000369. The summed E-state index contributed by atoms with van der Waals surface area (Å²) in [6, 6.07) is 27.7. The smallest absolute Gasteiger partial charge is 0.457 e. The molecule has 71 heavy (non-hydrogen) atoms. The van der Waals surface area contributed by atoms with E-state index in [1.54, 1.807) is 0 Å². The molecule has 3 heterocycles. The molecule has 4 aromatic rings. The van der Waals surface area contributed by atoms with E-state index in [-0.39, 0.29) is 48.8 Å². The number of benzene rings is 4. The highest BCUT2D eigenvalue weighted by atomic mass is 79.9. The predicted octanol–water partition coefficient (Wildman–Crippen LogP) is 13.3. The Labute approximate surface area is 435 Å². The Morgan fingerprint density at radius 3 is 1.14 bits per heavy atom. The quantitative estimate of drug-likeness (QED) is 0.0605. The Morgan fingerprint density at radius 2 is 0.761 bits per heavy atom. The molecule has 12 nitrogen and oxygen atoms in total. The van der Waals surface area contributed by atoms with Crippen LogP contribution in [0.15, 0.2) is 89.4 Å². The van der Waals surface area contributed by atoms with Crippen LogP contribution in [0.5, 0.6) is 23.0 Å². The lowest BCUT2D eigenvalue weighted by molar-refractivity contribution is -0.0573. The van der Waals surface area contributed by atoms with Gasteiger partial charge in [0.1, 0.15) is 36.6 Å². The molecule has 0 bridgehead atoms. The van der Waals surface area contributed by atoms with E-state index < -0.39 is 32.3 Å². The molecule has 0 unspecified atom stereocenters. The topological polar surface area (TPSA) is 111 Å². The highest BCUT2D eigenvalue weighted by Gasteiger charge is 2.63. The summed E-state index contributed by atoms with van der Waals surface area (Å²) < 4.78 is 70.8. The van der Waals surface area contributed by atoms with Crippen LogP contribution >= 0.6 is 15.9 Å². The molecule has 0 amide bonds. The molecule has 3 aliphatic heterocycles. The molecule has 394 valence electrons. The molecule has 0 N–H and O–H groups in total. The fourth-order valence-corrected chi connectivity index (χ4v) is 7.13. The van der Waals surface area contributed by atoms with Crippen molar-refractivity contribution >= 4 is 42.5 Å². The summed E-state index contributed by atoms with van der Waals surface area (Å²) in [7, 11) is -1.41. The SMILES string of the molecule is C.C.CC1(C)OB(B2OC(C)(C)C(C)(C)O2)OC1(C)C.CCOCOCc1cc(Oc2ccc(C)cc2)ccc1B1OC(C)(C)C(C)(C)O1.CCOCOCc1cc(Oc2ccc(C)cc2)ccc1Br.F. The van der Waals surface area contributed by atoms with Crippen molar-refractivity contribution in [2.45, 2.75) is 172 Å². The Hall–Kier alpha value is -3.32. The summed E-state index contributed by atoms with van der Waals surface area (Å²) in [5, 5.41) is 0. The van der Waals surface area contributed by atoms with Gasteiger partial charge in [0, 0.05) is 17.7 Å². The fraction of sp³-hybridized carbons (Fsp3) is 0.556. The molecular weight excluding hydrogens is 972 g/mol. The number of aryl methyl sites for hydroxylation is 2. The Bertz CT molecular complexity index is 2140. The number of ether oxygens (including phenoxy) is 6. The second-order valence-electron chi connectivity index (χ2n) is 20.2. The first-order chi connectivity index (χ1) is 31.8. The van der Waals surface area contributed by atoms with Crippen molar-refractivity contribution in [3.63, 3.8) is 0 Å². The molecule has 4 aromatic carbocycles. The first kappa shape index (κ1) is 63.8. The largest absolute Gasteiger partial charge is 0.495 e. The van der Waals surface area contributed by atoms with Crippen molar-refractivity contribution in [2.75, 3.05) is 26.8 Å². The van der Waals surface area contributed by atoms with Crippen molar-refractivity contribution in [1.82, 2.24) is 0 Å². The lowest BCUT2D eigenvalue weighted by atomic mass is 9.49. The van der Waals surface area contributed by atoms with Gasteiger partial charge < -0.3 is 56.3 Å². The molecule has 3 fully saturated rings. The maximum atomic E-state index is 6.24. The van der Waals surface area contributed by atoms with Gasteiger partial charge in [0.15, 0.2) is 0 Å². The van der Waals surface area contributed by atoms with E-state index in [1.807, 2.05) is 182 Å². The third kappa shape index (κ3) is 17.1. The van der Waals surface area contributed by atoms with Gasteiger partial charge in [-0.15, -0.1) is 0 Å². The summed E-state index contributed by atoms with van der Waals surface area (Å²) in [6.07, 6.45) is 0. The summed E-state index contributed by atoms with van der Waals surface area (Å²) in [4.78, 5) is 0. The van der Waals surface area contributed by atoms with Crippen LogP contribution in [0.3, 0.4) is 0 Å². The minimum Gasteiger partial charge on any atom is -0.457 e. The first-order valence-electron chi connectivity index (χ1n) is 23.6. The zero-order valence-electron chi connectivity index (χ0n) is 43.7. The first-order valence-corrected chi connectivity index (χ1v) is 24.4. The van der Waals surface area contributed by atoms with Crippen molar-refractivity contribution in [3.8, 4) is 23.0 Å². The van der Waals surface area contributed by atoms with Crippen LogP contribution in [-0.2, 0) is 60.1 Å². The van der Waals surface area contributed by atoms with E-state index in [4.69, 9.17) is 56.3 Å². The minimum absolute atomic E-state index is 0. The maximum Gasteiger partial charge on any atom is 0.495 e. The molecular formula is C54H83B3BrFO12. The van der Waals surface area contributed by atoms with Crippen LogP contribution < -0.4 is 14.9 Å². The van der Waals surface area contributed by atoms with E-state index in [2.05, 4.69) is 29.8 Å². The molecule has 0 aromatic heterocycles.